The van der Waals surface area contributed by atoms with Crippen molar-refractivity contribution in [3.8, 4) is 5.75 Å². The fraction of sp³-hybridized carbons (Fsp3) is 0.647. The van der Waals surface area contributed by atoms with E-state index in [1.165, 1.54) is 0 Å². The third-order valence-corrected chi connectivity index (χ3v) is 5.84. The van der Waals surface area contributed by atoms with Crippen LogP contribution in [0.5, 0.6) is 5.75 Å². The van der Waals surface area contributed by atoms with Gasteiger partial charge in [0.15, 0.2) is 0 Å². The highest BCUT2D eigenvalue weighted by Crippen LogP contribution is 2.29. The van der Waals surface area contributed by atoms with Gasteiger partial charge in [0.1, 0.15) is 5.75 Å². The quantitative estimate of drug-likeness (QED) is 0.766. The molecule has 1 aliphatic carbocycles. The summed E-state index contributed by atoms with van der Waals surface area (Å²) in [5, 5.41) is 0. The van der Waals surface area contributed by atoms with Crippen LogP contribution in [0.2, 0.25) is 0 Å². The SMILES string of the molecule is Cc1cc(S(=O)(=O)NC(CN)C2CCCC2)ccc1OC(C)C.Cl. The number of nitrogens with two attached hydrogens (primary N) is 1. The molecule has 1 aliphatic rings. The van der Waals surface area contributed by atoms with Crippen LogP contribution in [0.3, 0.4) is 0 Å². The van der Waals surface area contributed by atoms with Crippen molar-refractivity contribution < 1.29 is 13.2 Å². The first-order chi connectivity index (χ1) is 10.8. The molecular weight excluding hydrogens is 348 g/mol. The summed E-state index contributed by atoms with van der Waals surface area (Å²) in [6.45, 7) is 6.07. The predicted molar refractivity (Wildman–Crippen MR) is 99.3 cm³/mol. The molecule has 0 saturated heterocycles. The maximum absolute atomic E-state index is 12.6. The minimum absolute atomic E-state index is 0. The van der Waals surface area contributed by atoms with Crippen molar-refractivity contribution in [2.75, 3.05) is 6.54 Å². The van der Waals surface area contributed by atoms with E-state index >= 15 is 0 Å². The standard InChI is InChI=1S/C17H28N2O3S.ClH/c1-12(2)22-17-9-8-15(10-13(17)3)23(20,21)19-16(11-18)14-6-4-5-7-14;/h8-10,12,14,16,19H,4-7,11,18H2,1-3H3;1H. The molecule has 0 heterocycles. The molecule has 2 rings (SSSR count). The maximum Gasteiger partial charge on any atom is 0.240 e. The van der Waals surface area contributed by atoms with Crippen LogP contribution in [0, 0.1) is 12.8 Å². The Bertz CT molecular complexity index is 629. The van der Waals surface area contributed by atoms with E-state index < -0.39 is 10.0 Å². The normalized spacial score (nSPS) is 16.9. The molecule has 1 aromatic carbocycles. The first-order valence-electron chi connectivity index (χ1n) is 8.33. The van der Waals surface area contributed by atoms with E-state index in [-0.39, 0.29) is 29.4 Å². The second kappa shape index (κ2) is 9.04. The van der Waals surface area contributed by atoms with Gasteiger partial charge in [0.2, 0.25) is 10.0 Å². The summed E-state index contributed by atoms with van der Waals surface area (Å²) in [6, 6.07) is 4.78. The predicted octanol–water partition coefficient (Wildman–Crippen LogP) is 3.00. The summed E-state index contributed by atoms with van der Waals surface area (Å²) in [6.07, 6.45) is 4.46. The molecule has 0 bridgehead atoms. The molecule has 1 saturated carbocycles. The molecule has 1 fully saturated rings. The van der Waals surface area contributed by atoms with Crippen LogP contribution in [0.4, 0.5) is 0 Å². The first kappa shape index (κ1) is 21.2. The Morgan fingerprint density at radius 1 is 1.29 bits per heavy atom. The number of sulfonamides is 1. The average Bonchev–Trinajstić information content (AvgIpc) is 3.00. The summed E-state index contributed by atoms with van der Waals surface area (Å²) in [5.74, 6) is 1.06. The number of aryl methyl sites for hydroxylation is 1. The lowest BCUT2D eigenvalue weighted by molar-refractivity contribution is 0.240. The highest BCUT2D eigenvalue weighted by molar-refractivity contribution is 7.89. The zero-order valence-electron chi connectivity index (χ0n) is 14.6. The van der Waals surface area contributed by atoms with E-state index in [4.69, 9.17) is 10.5 Å². The number of benzene rings is 1. The average molecular weight is 377 g/mol. The maximum atomic E-state index is 12.6. The summed E-state index contributed by atoms with van der Waals surface area (Å²) in [5.41, 5.74) is 6.61. The number of hydrogen-bond acceptors (Lipinski definition) is 4. The molecule has 1 unspecified atom stereocenters. The van der Waals surface area contributed by atoms with Gasteiger partial charge >= 0.3 is 0 Å². The Morgan fingerprint density at radius 3 is 2.42 bits per heavy atom. The lowest BCUT2D eigenvalue weighted by Crippen LogP contribution is -2.44. The van der Waals surface area contributed by atoms with Crippen molar-refractivity contribution in [3.05, 3.63) is 23.8 Å². The van der Waals surface area contributed by atoms with E-state index in [2.05, 4.69) is 4.72 Å². The summed E-state index contributed by atoms with van der Waals surface area (Å²) >= 11 is 0. The Balaban J connectivity index is 0.00000288. The molecule has 1 atom stereocenters. The van der Waals surface area contributed by atoms with Crippen molar-refractivity contribution in [2.24, 2.45) is 11.7 Å². The molecule has 1 aromatic rings. The summed E-state index contributed by atoms with van der Waals surface area (Å²) in [4.78, 5) is 0.266. The van der Waals surface area contributed by atoms with E-state index in [0.717, 1.165) is 31.2 Å². The summed E-state index contributed by atoms with van der Waals surface area (Å²) in [7, 11) is -3.56. The van der Waals surface area contributed by atoms with E-state index in [1.54, 1.807) is 18.2 Å². The van der Waals surface area contributed by atoms with Crippen molar-refractivity contribution in [3.63, 3.8) is 0 Å². The molecule has 5 nitrogen and oxygen atoms in total. The number of halogens is 1. The third kappa shape index (κ3) is 5.34. The zero-order chi connectivity index (χ0) is 17.0. The van der Waals surface area contributed by atoms with Crippen LogP contribution >= 0.6 is 12.4 Å². The van der Waals surface area contributed by atoms with Gasteiger partial charge in [-0.1, -0.05) is 12.8 Å². The first-order valence-corrected chi connectivity index (χ1v) is 9.81. The molecule has 0 amide bonds. The van der Waals surface area contributed by atoms with Gasteiger partial charge in [-0.05, 0) is 63.3 Å². The van der Waals surface area contributed by atoms with Crippen LogP contribution in [-0.2, 0) is 10.0 Å². The van der Waals surface area contributed by atoms with Gasteiger partial charge in [-0.3, -0.25) is 0 Å². The topological polar surface area (TPSA) is 81.4 Å². The molecule has 0 radical (unpaired) electrons. The molecule has 0 spiro atoms. The van der Waals surface area contributed by atoms with Crippen molar-refractivity contribution in [1.82, 2.24) is 4.72 Å². The number of ether oxygens (including phenoxy) is 1. The minimum atomic E-state index is -3.56. The van der Waals surface area contributed by atoms with Crippen LogP contribution in [-0.4, -0.2) is 27.1 Å². The number of nitrogens with one attached hydrogen (secondary N) is 1. The van der Waals surface area contributed by atoms with Crippen molar-refractivity contribution in [2.45, 2.75) is 63.5 Å². The van der Waals surface area contributed by atoms with Gasteiger partial charge in [0, 0.05) is 12.6 Å². The highest BCUT2D eigenvalue weighted by atomic mass is 35.5. The van der Waals surface area contributed by atoms with Gasteiger partial charge in [-0.15, -0.1) is 12.4 Å². The Morgan fingerprint density at radius 2 is 1.92 bits per heavy atom. The molecule has 24 heavy (non-hydrogen) atoms. The Labute approximate surface area is 151 Å². The highest BCUT2D eigenvalue weighted by Gasteiger charge is 2.28. The fourth-order valence-corrected chi connectivity index (χ4v) is 4.54. The lowest BCUT2D eigenvalue weighted by Gasteiger charge is -2.23. The zero-order valence-corrected chi connectivity index (χ0v) is 16.3. The second-order valence-electron chi connectivity index (χ2n) is 6.60. The second-order valence-corrected chi connectivity index (χ2v) is 8.32. The largest absolute Gasteiger partial charge is 0.491 e. The Kier molecular flexibility index (Phi) is 7.99. The van der Waals surface area contributed by atoms with Gasteiger partial charge in [-0.2, -0.15) is 0 Å². The van der Waals surface area contributed by atoms with Crippen LogP contribution < -0.4 is 15.2 Å². The van der Waals surface area contributed by atoms with E-state index in [0.29, 0.717) is 18.2 Å². The minimum Gasteiger partial charge on any atom is -0.491 e. The molecular formula is C17H29ClN2O3S. The molecule has 7 heteroatoms. The number of hydrogen-bond donors (Lipinski definition) is 2. The van der Waals surface area contributed by atoms with Crippen LogP contribution in [0.25, 0.3) is 0 Å². The summed E-state index contributed by atoms with van der Waals surface area (Å²) < 4.78 is 33.7. The molecule has 0 aliphatic heterocycles. The fourth-order valence-electron chi connectivity index (χ4n) is 3.14. The van der Waals surface area contributed by atoms with E-state index in [1.807, 2.05) is 20.8 Å². The van der Waals surface area contributed by atoms with Gasteiger partial charge in [0.25, 0.3) is 0 Å². The van der Waals surface area contributed by atoms with Gasteiger partial charge in [0.05, 0.1) is 11.0 Å². The van der Waals surface area contributed by atoms with Crippen molar-refractivity contribution >= 4 is 22.4 Å². The lowest BCUT2D eigenvalue weighted by atomic mass is 9.99. The smallest absolute Gasteiger partial charge is 0.240 e. The van der Waals surface area contributed by atoms with Gasteiger partial charge in [-0.25, -0.2) is 13.1 Å². The van der Waals surface area contributed by atoms with Crippen molar-refractivity contribution in [1.29, 1.82) is 0 Å². The molecule has 3 N–H and O–H groups in total. The number of rotatable bonds is 7. The van der Waals surface area contributed by atoms with Gasteiger partial charge < -0.3 is 10.5 Å². The van der Waals surface area contributed by atoms with Crippen LogP contribution in [0.1, 0.15) is 45.1 Å². The Hall–Kier alpha value is -0.820. The molecule has 138 valence electrons. The monoisotopic (exact) mass is 376 g/mol. The molecule has 0 aromatic heterocycles. The van der Waals surface area contributed by atoms with Crippen LogP contribution in [0.15, 0.2) is 23.1 Å². The van der Waals surface area contributed by atoms with E-state index in [9.17, 15) is 8.42 Å². The third-order valence-electron chi connectivity index (χ3n) is 4.35.